The predicted octanol–water partition coefficient (Wildman–Crippen LogP) is 5.86. The summed E-state index contributed by atoms with van der Waals surface area (Å²) in [4.78, 5) is 31.1. The molecule has 14 heteroatoms. The van der Waals surface area contributed by atoms with Gasteiger partial charge in [-0.15, -0.1) is 0 Å². The Hall–Kier alpha value is -6.08. The van der Waals surface area contributed by atoms with Gasteiger partial charge in [0.15, 0.2) is 5.49 Å². The van der Waals surface area contributed by atoms with Crippen molar-refractivity contribution in [3.05, 3.63) is 153 Å². The number of halogens is 4. The molecule has 0 saturated carbocycles. The van der Waals surface area contributed by atoms with Crippen molar-refractivity contribution < 1.29 is 28.0 Å². The summed E-state index contributed by atoms with van der Waals surface area (Å²) in [7, 11) is 0. The van der Waals surface area contributed by atoms with Crippen LogP contribution in [0.3, 0.4) is 0 Å². The molecule has 2 amide bonds. The van der Waals surface area contributed by atoms with Gasteiger partial charge in [-0.2, -0.15) is 17.9 Å². The maximum absolute atomic E-state index is 13.5. The fraction of sp³-hybridized carbons (Fsp3) is 0.158. The molecule has 0 spiro atoms. The number of hydrogen-bond acceptors (Lipinski definition) is 6. The molecule has 0 fully saturated rings. The minimum Gasteiger partial charge on any atom is -0.427 e. The van der Waals surface area contributed by atoms with Gasteiger partial charge in [0.2, 0.25) is 5.91 Å². The second kappa shape index (κ2) is 16.3. The van der Waals surface area contributed by atoms with E-state index in [2.05, 4.69) is 15.6 Å². The summed E-state index contributed by atoms with van der Waals surface area (Å²) >= 11 is 6.10. The number of nitrogen functional groups attached to an aromatic ring is 2. The van der Waals surface area contributed by atoms with Crippen LogP contribution in [-0.2, 0) is 36.9 Å². The van der Waals surface area contributed by atoms with Crippen molar-refractivity contribution in [2.75, 3.05) is 12.3 Å². The molecule has 5 aromatic rings. The Bertz CT molecular complexity index is 2180. The van der Waals surface area contributed by atoms with Gasteiger partial charge in [0.25, 0.3) is 5.91 Å². The average molecular weight is 730 g/mol. The summed E-state index contributed by atoms with van der Waals surface area (Å²) in [6.45, 7) is 0.0628. The topological polar surface area (TPSA) is 172 Å². The Balaban J connectivity index is 1.43. The maximum atomic E-state index is 13.5. The number of nitrogens with one attached hydrogen (secondary N) is 3. The quantitative estimate of drug-likeness (QED) is 0.0408. The molecule has 10 nitrogen and oxygen atoms in total. The van der Waals surface area contributed by atoms with Crippen LogP contribution < -0.4 is 27.6 Å². The lowest BCUT2D eigenvalue weighted by molar-refractivity contribution is -0.138. The number of nitrogens with zero attached hydrogens (tertiary/aromatic N) is 2. The van der Waals surface area contributed by atoms with Crippen LogP contribution in [-0.4, -0.2) is 34.1 Å². The zero-order valence-corrected chi connectivity index (χ0v) is 28.4. The number of amidine groups is 1. The van der Waals surface area contributed by atoms with Gasteiger partial charge in [0, 0.05) is 47.0 Å². The summed E-state index contributed by atoms with van der Waals surface area (Å²) in [5.74, 6) is -1.20. The molecule has 0 bridgehead atoms. The van der Waals surface area contributed by atoms with Crippen molar-refractivity contribution in [1.29, 1.82) is 5.41 Å². The summed E-state index contributed by atoms with van der Waals surface area (Å²) < 4.78 is 41.3. The largest absolute Gasteiger partial charge is 0.427 e. The van der Waals surface area contributed by atoms with Crippen LogP contribution in [0.25, 0.3) is 11.1 Å². The number of carbonyl (C=O) groups excluding carboxylic acids is 2. The predicted molar refractivity (Wildman–Crippen MR) is 193 cm³/mol. The summed E-state index contributed by atoms with van der Waals surface area (Å²) in [6.07, 6.45) is -4.37. The maximum Gasteiger partial charge on any atom is 0.416 e. The Morgan fingerprint density at radius 3 is 2.33 bits per heavy atom. The number of amides is 2. The van der Waals surface area contributed by atoms with E-state index in [9.17, 15) is 28.0 Å². The van der Waals surface area contributed by atoms with Gasteiger partial charge in [0.05, 0.1) is 17.7 Å². The van der Waals surface area contributed by atoms with Gasteiger partial charge >= 0.3 is 6.18 Å². The fourth-order valence-electron chi connectivity index (χ4n) is 5.51. The van der Waals surface area contributed by atoms with E-state index < -0.39 is 23.6 Å². The van der Waals surface area contributed by atoms with Gasteiger partial charge < -0.3 is 27.3 Å². The number of hydrogen-bond donors (Lipinski definition) is 6. The number of rotatable bonds is 12. The number of carbonyl (C=O) groups is 2. The van der Waals surface area contributed by atoms with Crippen LogP contribution >= 0.6 is 11.6 Å². The van der Waals surface area contributed by atoms with E-state index in [1.54, 1.807) is 48.5 Å². The van der Waals surface area contributed by atoms with Gasteiger partial charge in [-0.05, 0) is 77.2 Å². The molecule has 52 heavy (non-hydrogen) atoms. The number of nitrogens with two attached hydrogens (primary N) is 2. The second-order valence-electron chi connectivity index (χ2n) is 11.9. The Morgan fingerprint density at radius 1 is 0.865 bits per heavy atom. The van der Waals surface area contributed by atoms with Crippen LogP contribution in [0.1, 0.15) is 43.9 Å². The highest BCUT2D eigenvalue weighted by atomic mass is 35.5. The molecule has 1 heterocycles. The van der Waals surface area contributed by atoms with E-state index in [1.807, 2.05) is 18.2 Å². The van der Waals surface area contributed by atoms with Gasteiger partial charge in [-0.25, -0.2) is 0 Å². The highest BCUT2D eigenvalue weighted by Gasteiger charge is 2.33. The van der Waals surface area contributed by atoms with E-state index in [0.29, 0.717) is 34.7 Å². The van der Waals surface area contributed by atoms with Crippen LogP contribution in [0.5, 0.6) is 0 Å². The molecule has 8 N–H and O–H groups in total. The normalized spacial score (nSPS) is 11.7. The van der Waals surface area contributed by atoms with Crippen LogP contribution in [0, 0.1) is 5.41 Å². The molecule has 0 saturated heterocycles. The van der Waals surface area contributed by atoms with E-state index in [1.165, 1.54) is 30.3 Å². The van der Waals surface area contributed by atoms with E-state index in [-0.39, 0.29) is 53.3 Å². The zero-order valence-electron chi connectivity index (χ0n) is 27.7. The number of aromatic nitrogens is 1. The molecule has 4 aromatic carbocycles. The molecule has 268 valence electrons. The Labute approximate surface area is 302 Å². The van der Waals surface area contributed by atoms with Crippen LogP contribution in [0.4, 0.5) is 18.9 Å². The summed E-state index contributed by atoms with van der Waals surface area (Å²) in [5.41, 5.74) is 14.3. The molecule has 1 aromatic heterocycles. The molecular formula is C38H35ClF3N7O3. The lowest BCUT2D eigenvalue weighted by Crippen LogP contribution is -2.30. The number of pyridine rings is 1. The Morgan fingerprint density at radius 2 is 1.62 bits per heavy atom. The summed E-state index contributed by atoms with van der Waals surface area (Å²) in [6, 6.07) is 26.7. The van der Waals surface area contributed by atoms with Crippen molar-refractivity contribution in [2.24, 2.45) is 10.7 Å². The first-order valence-corrected chi connectivity index (χ1v) is 16.4. The standard InChI is InChI=1S/C38H35ClF3N7O3/c39-29-6-3-4-23(16-29)14-15-46-34-13-12-31(33(49(34)52)20-35(50)47-21-24-8-10-25(11-9-24)36(44)45)27-17-28(19-30(43)18-27)37(51)48-22-26-5-1-2-7-32(26)38(40,41)42/h1-13,16-19,52H,14-15,20-22,43H2,(H3,44,45)(H,47,50)(H,48,51). The highest BCUT2D eigenvalue weighted by Crippen LogP contribution is 2.32. The molecular weight excluding hydrogens is 695 g/mol. The van der Waals surface area contributed by atoms with Crippen molar-refractivity contribution >= 4 is 34.9 Å². The lowest BCUT2D eigenvalue weighted by Gasteiger charge is -2.16. The first-order valence-electron chi connectivity index (χ1n) is 16.0. The second-order valence-corrected chi connectivity index (χ2v) is 12.3. The molecule has 0 aliphatic carbocycles. The van der Waals surface area contributed by atoms with E-state index in [4.69, 9.17) is 28.5 Å². The van der Waals surface area contributed by atoms with Gasteiger partial charge in [-0.3, -0.25) is 20.0 Å². The first-order chi connectivity index (χ1) is 24.8. The average Bonchev–Trinajstić information content (AvgIpc) is 3.11. The lowest BCUT2D eigenvalue weighted by atomic mass is 9.98. The third-order valence-corrected chi connectivity index (χ3v) is 8.35. The van der Waals surface area contributed by atoms with Gasteiger partial charge in [-0.1, -0.05) is 66.2 Å². The zero-order chi connectivity index (χ0) is 37.4. The monoisotopic (exact) mass is 729 g/mol. The van der Waals surface area contributed by atoms with Crippen molar-refractivity contribution in [3.8, 4) is 11.1 Å². The number of benzene rings is 4. The molecule has 5 rings (SSSR count). The van der Waals surface area contributed by atoms with E-state index in [0.717, 1.165) is 21.9 Å². The molecule has 0 unspecified atom stereocenters. The van der Waals surface area contributed by atoms with Crippen molar-refractivity contribution in [1.82, 2.24) is 15.4 Å². The van der Waals surface area contributed by atoms with Crippen LogP contribution in [0.15, 0.2) is 108 Å². The fourth-order valence-corrected chi connectivity index (χ4v) is 5.72. The smallest absolute Gasteiger partial charge is 0.416 e. The minimum atomic E-state index is -4.60. The number of alkyl halides is 3. The minimum absolute atomic E-state index is 0.0590. The third kappa shape index (κ3) is 9.58. The first kappa shape index (κ1) is 37.2. The molecule has 0 radical (unpaired) electrons. The van der Waals surface area contributed by atoms with Crippen LogP contribution in [0.2, 0.25) is 5.02 Å². The van der Waals surface area contributed by atoms with Crippen molar-refractivity contribution in [2.45, 2.75) is 32.1 Å². The van der Waals surface area contributed by atoms with Gasteiger partial charge in [0.1, 0.15) is 5.84 Å². The molecule has 0 aliphatic heterocycles. The van der Waals surface area contributed by atoms with Crippen molar-refractivity contribution in [3.63, 3.8) is 0 Å². The molecule has 0 aliphatic rings. The molecule has 0 atom stereocenters. The highest BCUT2D eigenvalue weighted by molar-refractivity contribution is 6.30. The SMILES string of the molecule is N=C(N)c1ccc(CNC(=O)Cc2c(-c3cc(N)cc(C(=O)NCc4ccccc4C(F)(F)F)c3)ccc(=NCCc3cccc(Cl)c3)n2O)cc1. The van der Waals surface area contributed by atoms with E-state index >= 15 is 0 Å². The summed E-state index contributed by atoms with van der Waals surface area (Å²) in [5, 5.41) is 24.9. The third-order valence-electron chi connectivity index (χ3n) is 8.12. The number of anilines is 1. The Kier molecular flexibility index (Phi) is 11.7.